The van der Waals surface area contributed by atoms with Gasteiger partial charge in [-0.25, -0.2) is 13.1 Å². The molecule has 0 bridgehead atoms. The number of nitrogens with zero attached hydrogens (tertiary/aromatic N) is 1. The summed E-state index contributed by atoms with van der Waals surface area (Å²) in [6.07, 6.45) is -0.161. The Hall–Kier alpha value is -3.57. The number of nitrogens with one attached hydrogen (secondary N) is 2. The first kappa shape index (κ1) is 26.0. The number of fused-ring (bicyclic) bond motifs is 1. The summed E-state index contributed by atoms with van der Waals surface area (Å²) >= 11 is 0. The van der Waals surface area contributed by atoms with Crippen LogP contribution in [0, 0.1) is 0 Å². The van der Waals surface area contributed by atoms with Gasteiger partial charge in [-0.2, -0.15) is 0 Å². The summed E-state index contributed by atoms with van der Waals surface area (Å²) in [6, 6.07) is 14.0. The van der Waals surface area contributed by atoms with Crippen LogP contribution in [0.25, 0.3) is 0 Å². The molecule has 0 aliphatic carbocycles. The van der Waals surface area contributed by atoms with Gasteiger partial charge in [0, 0.05) is 12.1 Å². The van der Waals surface area contributed by atoms with Crippen molar-refractivity contribution < 1.29 is 32.7 Å². The first-order chi connectivity index (χ1) is 16.6. The molecule has 0 saturated heterocycles. The second kappa shape index (κ2) is 11.2. The molecule has 0 aromatic heterocycles. The molecule has 2 aromatic carbocycles. The average molecular weight is 502 g/mol. The lowest BCUT2D eigenvalue weighted by atomic mass is 9.99. The van der Waals surface area contributed by atoms with Crippen molar-refractivity contribution in [3.63, 3.8) is 0 Å². The number of ketones is 1. The topological polar surface area (TPSA) is 150 Å². The average Bonchev–Trinajstić information content (AvgIpc) is 2.84. The summed E-state index contributed by atoms with van der Waals surface area (Å²) in [5, 5.41) is 10.6. The van der Waals surface area contributed by atoms with Gasteiger partial charge in [0.2, 0.25) is 15.9 Å². The van der Waals surface area contributed by atoms with Crippen LogP contribution in [-0.2, 0) is 30.8 Å². The molecule has 2 unspecified atom stereocenters. The molecule has 3 N–H and O–H groups in total. The van der Waals surface area contributed by atoms with E-state index in [1.54, 1.807) is 42.5 Å². The van der Waals surface area contributed by atoms with Gasteiger partial charge in [-0.05, 0) is 30.5 Å². The van der Waals surface area contributed by atoms with Crippen molar-refractivity contribution in [1.29, 1.82) is 0 Å². The van der Waals surface area contributed by atoms with Crippen LogP contribution in [0.2, 0.25) is 0 Å². The van der Waals surface area contributed by atoms with E-state index in [2.05, 4.69) is 10.0 Å². The number of hydrogen-bond acceptors (Lipinski definition) is 6. The van der Waals surface area contributed by atoms with Gasteiger partial charge in [-0.1, -0.05) is 48.5 Å². The summed E-state index contributed by atoms with van der Waals surface area (Å²) in [7, 11) is -3.94. The lowest BCUT2D eigenvalue weighted by Crippen LogP contribution is -2.51. The molecule has 3 rings (SSSR count). The van der Waals surface area contributed by atoms with Gasteiger partial charge in [-0.3, -0.25) is 19.2 Å². The number of aliphatic carboxylic acids is 1. The predicted molar refractivity (Wildman–Crippen MR) is 127 cm³/mol. The molecular weight excluding hydrogens is 474 g/mol. The first-order valence-corrected chi connectivity index (χ1v) is 12.6. The van der Waals surface area contributed by atoms with Crippen molar-refractivity contribution >= 4 is 33.6 Å². The summed E-state index contributed by atoms with van der Waals surface area (Å²) in [6.45, 7) is 0.728. The minimum atomic E-state index is -3.94. The molecule has 1 aliphatic rings. The highest BCUT2D eigenvalue weighted by atomic mass is 32.2. The van der Waals surface area contributed by atoms with E-state index in [1.807, 2.05) is 12.1 Å². The Morgan fingerprint density at radius 2 is 1.71 bits per heavy atom. The number of sulfonamides is 1. The Morgan fingerprint density at radius 3 is 2.40 bits per heavy atom. The molecule has 10 nitrogen and oxygen atoms in total. The van der Waals surface area contributed by atoms with E-state index in [1.165, 1.54) is 11.8 Å². The zero-order valence-electron chi connectivity index (χ0n) is 19.1. The number of benzene rings is 2. The van der Waals surface area contributed by atoms with E-state index in [4.69, 9.17) is 0 Å². The third kappa shape index (κ3) is 6.74. The van der Waals surface area contributed by atoms with Crippen LogP contribution in [0.15, 0.2) is 54.6 Å². The van der Waals surface area contributed by atoms with Crippen molar-refractivity contribution in [2.45, 2.75) is 31.1 Å². The van der Waals surface area contributed by atoms with Gasteiger partial charge in [0.1, 0.15) is 0 Å². The molecule has 11 heteroatoms. The number of carboxylic acid groups (broad SMARTS) is 1. The fourth-order valence-electron chi connectivity index (χ4n) is 3.78. The number of carboxylic acids is 1. The van der Waals surface area contributed by atoms with Crippen molar-refractivity contribution in [3.05, 3.63) is 71.3 Å². The molecule has 1 aliphatic heterocycles. The molecule has 35 heavy (non-hydrogen) atoms. The zero-order chi connectivity index (χ0) is 25.6. The molecule has 2 aromatic rings. The van der Waals surface area contributed by atoms with E-state index >= 15 is 0 Å². The van der Waals surface area contributed by atoms with Gasteiger partial charge < -0.3 is 15.3 Å². The molecule has 186 valence electrons. The molecule has 0 fully saturated rings. The molecule has 1 heterocycles. The van der Waals surface area contributed by atoms with Gasteiger partial charge in [0.15, 0.2) is 5.78 Å². The number of carbonyl (C=O) groups excluding carboxylic acids is 3. The Bertz CT molecular complexity index is 1210. The predicted octanol–water partition coefficient (Wildman–Crippen LogP) is 0.894. The monoisotopic (exact) mass is 501 g/mol. The third-order valence-electron chi connectivity index (χ3n) is 5.81. The summed E-state index contributed by atoms with van der Waals surface area (Å²) in [5.74, 6) is -3.18. The van der Waals surface area contributed by atoms with Crippen molar-refractivity contribution in [1.82, 2.24) is 14.9 Å². The summed E-state index contributed by atoms with van der Waals surface area (Å²) < 4.78 is 27.4. The molecule has 2 amide bonds. The minimum Gasteiger partial charge on any atom is -0.481 e. The number of Topliss-reactive ketones (excluding diaryl/α,β-unsaturated/α-hetero) is 1. The highest BCUT2D eigenvalue weighted by Crippen LogP contribution is 2.20. The Balaban J connectivity index is 1.61. The van der Waals surface area contributed by atoms with E-state index in [0.717, 1.165) is 5.56 Å². The normalized spacial score (nSPS) is 15.1. The highest BCUT2D eigenvalue weighted by molar-refractivity contribution is 7.89. The number of rotatable bonds is 11. The maximum absolute atomic E-state index is 12.7. The van der Waals surface area contributed by atoms with Gasteiger partial charge in [0.05, 0.1) is 30.8 Å². The molecule has 2 atom stereocenters. The number of hydrogen-bond donors (Lipinski definition) is 3. The molecule has 0 saturated carbocycles. The quantitative estimate of drug-likeness (QED) is 0.414. The van der Waals surface area contributed by atoms with E-state index in [9.17, 15) is 32.7 Å². The fraction of sp³-hybridized carbons (Fsp3) is 0.333. The standard InChI is InChI=1S/C24H27N3O7S/c1-16(17-7-3-2-4-8-17)35(33,34)25-14-21(28)20(13-23(30)31)26-22(29)15-27-12-11-18-9-5-6-10-19(18)24(27)32/h2-10,16,20,25H,11-15H2,1H3,(H,26,29)(H,30,31). The summed E-state index contributed by atoms with van der Waals surface area (Å²) in [5.41, 5.74) is 1.90. The van der Waals surface area contributed by atoms with Crippen molar-refractivity contribution in [2.75, 3.05) is 19.6 Å². The largest absolute Gasteiger partial charge is 0.481 e. The van der Waals surface area contributed by atoms with Crippen LogP contribution >= 0.6 is 0 Å². The molecular formula is C24H27N3O7S. The first-order valence-electron chi connectivity index (χ1n) is 11.0. The van der Waals surface area contributed by atoms with E-state index < -0.39 is 51.9 Å². The van der Waals surface area contributed by atoms with Crippen LogP contribution in [0.1, 0.15) is 40.1 Å². The Kier molecular flexibility index (Phi) is 8.36. The van der Waals surface area contributed by atoms with Gasteiger partial charge in [-0.15, -0.1) is 0 Å². The smallest absolute Gasteiger partial charge is 0.305 e. The number of carbonyl (C=O) groups is 4. The van der Waals surface area contributed by atoms with E-state index in [-0.39, 0.29) is 12.5 Å². The number of amides is 2. The molecule has 0 radical (unpaired) electrons. The van der Waals surface area contributed by atoms with Crippen molar-refractivity contribution in [3.8, 4) is 0 Å². The summed E-state index contributed by atoms with van der Waals surface area (Å²) in [4.78, 5) is 50.5. The van der Waals surface area contributed by atoms with Crippen LogP contribution in [0.4, 0.5) is 0 Å². The highest BCUT2D eigenvalue weighted by Gasteiger charge is 2.30. The fourth-order valence-corrected chi connectivity index (χ4v) is 4.89. The van der Waals surface area contributed by atoms with Crippen LogP contribution < -0.4 is 10.0 Å². The van der Waals surface area contributed by atoms with Gasteiger partial charge >= 0.3 is 5.97 Å². The maximum atomic E-state index is 12.7. The lowest BCUT2D eigenvalue weighted by molar-refractivity contribution is -0.140. The Labute approximate surface area is 203 Å². The van der Waals surface area contributed by atoms with Gasteiger partial charge in [0.25, 0.3) is 5.91 Å². The maximum Gasteiger partial charge on any atom is 0.305 e. The SMILES string of the molecule is CC(c1ccccc1)S(=O)(=O)NCC(=O)C(CC(=O)O)NC(=O)CN1CCc2ccccc2C1=O. The third-order valence-corrected chi connectivity index (χ3v) is 7.55. The minimum absolute atomic E-state index is 0.304. The Morgan fingerprint density at radius 1 is 1.06 bits per heavy atom. The van der Waals surface area contributed by atoms with Crippen LogP contribution in [0.5, 0.6) is 0 Å². The van der Waals surface area contributed by atoms with E-state index in [0.29, 0.717) is 24.1 Å². The zero-order valence-corrected chi connectivity index (χ0v) is 20.0. The second-order valence-electron chi connectivity index (χ2n) is 8.24. The molecule has 0 spiro atoms. The lowest BCUT2D eigenvalue weighted by Gasteiger charge is -2.28. The van der Waals surface area contributed by atoms with Crippen LogP contribution in [-0.4, -0.2) is 67.7 Å². The second-order valence-corrected chi connectivity index (χ2v) is 10.3. The van der Waals surface area contributed by atoms with Crippen LogP contribution in [0.3, 0.4) is 0 Å². The van der Waals surface area contributed by atoms with Crippen molar-refractivity contribution in [2.24, 2.45) is 0 Å².